The minimum absolute atomic E-state index is 0. The summed E-state index contributed by atoms with van der Waals surface area (Å²) in [5.74, 6) is 0.486. The zero-order valence-corrected chi connectivity index (χ0v) is 12.2. The van der Waals surface area contributed by atoms with Gasteiger partial charge in [0.1, 0.15) is 0 Å². The van der Waals surface area contributed by atoms with Crippen molar-refractivity contribution in [3.05, 3.63) is 34.9 Å². The van der Waals surface area contributed by atoms with Crippen LogP contribution in [0.2, 0.25) is 5.02 Å². The van der Waals surface area contributed by atoms with Crippen LogP contribution in [0.25, 0.3) is 0 Å². The Labute approximate surface area is 115 Å². The Morgan fingerprint density at radius 2 is 1.94 bits per heavy atom. The zero-order valence-electron chi connectivity index (χ0n) is 10.7. The average Bonchev–Trinajstić information content (AvgIpc) is 2.27. The molecule has 0 spiro atoms. The normalized spacial score (nSPS) is 14.2. The van der Waals surface area contributed by atoms with Crippen molar-refractivity contribution in [2.45, 2.75) is 32.9 Å². The van der Waals surface area contributed by atoms with Crippen LogP contribution >= 0.6 is 24.0 Å². The molecule has 1 rings (SSSR count). The van der Waals surface area contributed by atoms with Gasteiger partial charge in [-0.1, -0.05) is 43.6 Å². The molecule has 0 saturated heterocycles. The van der Waals surface area contributed by atoms with Crippen molar-refractivity contribution in [1.29, 1.82) is 0 Å². The van der Waals surface area contributed by atoms with Gasteiger partial charge in [0.25, 0.3) is 0 Å². The van der Waals surface area contributed by atoms with Gasteiger partial charge in [0.15, 0.2) is 0 Å². The second kappa shape index (κ2) is 7.22. The molecule has 0 aliphatic heterocycles. The van der Waals surface area contributed by atoms with Crippen LogP contribution in [-0.4, -0.2) is 12.1 Å². The highest BCUT2D eigenvalue weighted by molar-refractivity contribution is 6.31. The maximum absolute atomic E-state index is 6.10. The van der Waals surface area contributed by atoms with Crippen LogP contribution in [0, 0.1) is 5.92 Å². The van der Waals surface area contributed by atoms with Crippen LogP contribution in [0.1, 0.15) is 26.3 Å². The van der Waals surface area contributed by atoms with Gasteiger partial charge in [-0.3, -0.25) is 0 Å². The van der Waals surface area contributed by atoms with Gasteiger partial charge < -0.3 is 11.1 Å². The van der Waals surface area contributed by atoms with Gasteiger partial charge in [0.2, 0.25) is 0 Å². The summed E-state index contributed by atoms with van der Waals surface area (Å²) in [6.07, 6.45) is 0. The molecule has 4 heteroatoms. The number of nitrogens with one attached hydrogen (secondary N) is 1. The van der Waals surface area contributed by atoms with E-state index in [9.17, 15) is 0 Å². The van der Waals surface area contributed by atoms with Gasteiger partial charge >= 0.3 is 0 Å². The predicted octanol–water partition coefficient (Wildman–Crippen LogP) is 3.22. The van der Waals surface area contributed by atoms with Crippen molar-refractivity contribution in [3.8, 4) is 0 Å². The van der Waals surface area contributed by atoms with Crippen molar-refractivity contribution >= 4 is 24.0 Å². The average molecular weight is 277 g/mol. The van der Waals surface area contributed by atoms with E-state index in [-0.39, 0.29) is 17.9 Å². The van der Waals surface area contributed by atoms with Crippen LogP contribution < -0.4 is 11.1 Å². The molecule has 2 nitrogen and oxygen atoms in total. The summed E-state index contributed by atoms with van der Waals surface area (Å²) in [7, 11) is 0. The lowest BCUT2D eigenvalue weighted by molar-refractivity contribution is 0.267. The smallest absolute Gasteiger partial charge is 0.0450 e. The minimum Gasteiger partial charge on any atom is -0.329 e. The summed E-state index contributed by atoms with van der Waals surface area (Å²) in [4.78, 5) is 0. The van der Waals surface area contributed by atoms with E-state index in [0.717, 1.165) is 17.1 Å². The minimum atomic E-state index is -0.0425. The molecule has 1 aromatic rings. The lowest BCUT2D eigenvalue weighted by Gasteiger charge is -2.34. The quantitative estimate of drug-likeness (QED) is 0.867. The van der Waals surface area contributed by atoms with Gasteiger partial charge in [-0.25, -0.2) is 0 Å². The zero-order chi connectivity index (χ0) is 12.2. The molecule has 17 heavy (non-hydrogen) atoms. The molecule has 0 radical (unpaired) electrons. The Morgan fingerprint density at radius 3 is 2.41 bits per heavy atom. The van der Waals surface area contributed by atoms with Gasteiger partial charge in [0.05, 0.1) is 0 Å². The van der Waals surface area contributed by atoms with Gasteiger partial charge in [-0.2, -0.15) is 0 Å². The Morgan fingerprint density at radius 1 is 1.35 bits per heavy atom. The van der Waals surface area contributed by atoms with E-state index in [4.69, 9.17) is 17.3 Å². The molecule has 1 aromatic carbocycles. The highest BCUT2D eigenvalue weighted by Gasteiger charge is 2.25. The molecule has 0 fully saturated rings. The van der Waals surface area contributed by atoms with E-state index in [0.29, 0.717) is 12.5 Å². The van der Waals surface area contributed by atoms with Gasteiger partial charge in [-0.15, -0.1) is 12.4 Å². The molecule has 0 aliphatic carbocycles. The Balaban J connectivity index is 0.00000256. The number of benzene rings is 1. The topological polar surface area (TPSA) is 38.0 Å². The number of nitrogens with two attached hydrogens (primary N) is 1. The third-order valence-electron chi connectivity index (χ3n) is 3.34. The highest BCUT2D eigenvalue weighted by atomic mass is 35.5. The summed E-state index contributed by atoms with van der Waals surface area (Å²) < 4.78 is 0. The lowest BCUT2D eigenvalue weighted by atomic mass is 9.88. The SMILES string of the molecule is CC(C)C(C)(CN)NCc1ccccc1Cl.Cl. The summed E-state index contributed by atoms with van der Waals surface area (Å²) in [6, 6.07) is 7.88. The third-order valence-corrected chi connectivity index (χ3v) is 3.71. The van der Waals surface area contributed by atoms with E-state index in [1.165, 1.54) is 0 Å². The molecule has 1 atom stereocenters. The van der Waals surface area contributed by atoms with E-state index >= 15 is 0 Å². The molecular formula is C13H22Cl2N2. The lowest BCUT2D eigenvalue weighted by Crippen LogP contribution is -2.52. The fourth-order valence-electron chi connectivity index (χ4n) is 1.45. The molecule has 0 amide bonds. The van der Waals surface area contributed by atoms with E-state index in [2.05, 4.69) is 26.1 Å². The van der Waals surface area contributed by atoms with Crippen molar-refractivity contribution < 1.29 is 0 Å². The van der Waals surface area contributed by atoms with Crippen LogP contribution in [0.15, 0.2) is 24.3 Å². The van der Waals surface area contributed by atoms with Gasteiger partial charge in [-0.05, 0) is 24.5 Å². The maximum Gasteiger partial charge on any atom is 0.0450 e. The second-order valence-corrected chi connectivity index (χ2v) is 5.13. The second-order valence-electron chi connectivity index (χ2n) is 4.72. The summed E-state index contributed by atoms with van der Waals surface area (Å²) in [5.41, 5.74) is 6.89. The summed E-state index contributed by atoms with van der Waals surface area (Å²) in [6.45, 7) is 7.87. The van der Waals surface area contributed by atoms with E-state index in [1.807, 2.05) is 24.3 Å². The van der Waals surface area contributed by atoms with Crippen molar-refractivity contribution in [2.24, 2.45) is 11.7 Å². The third kappa shape index (κ3) is 4.47. The number of rotatable bonds is 5. The molecule has 0 aliphatic rings. The first-order valence-corrected chi connectivity index (χ1v) is 6.06. The number of halogens is 2. The Kier molecular flexibility index (Phi) is 7.10. The first kappa shape index (κ1) is 16.7. The standard InChI is InChI=1S/C13H21ClN2.ClH/c1-10(2)13(3,9-15)16-8-11-6-4-5-7-12(11)14;/h4-7,10,16H,8-9,15H2,1-3H3;1H. The van der Waals surface area contributed by atoms with Crippen molar-refractivity contribution in [1.82, 2.24) is 5.32 Å². The van der Waals surface area contributed by atoms with E-state index < -0.39 is 0 Å². The number of hydrogen-bond donors (Lipinski definition) is 2. The first-order chi connectivity index (χ1) is 7.49. The number of hydrogen-bond acceptors (Lipinski definition) is 2. The Hall–Kier alpha value is -0.280. The molecule has 3 N–H and O–H groups in total. The molecule has 0 bridgehead atoms. The van der Waals surface area contributed by atoms with E-state index in [1.54, 1.807) is 0 Å². The fourth-order valence-corrected chi connectivity index (χ4v) is 1.65. The molecule has 1 unspecified atom stereocenters. The van der Waals surface area contributed by atoms with Crippen molar-refractivity contribution in [3.63, 3.8) is 0 Å². The van der Waals surface area contributed by atoms with Crippen LogP contribution in [0.3, 0.4) is 0 Å². The fraction of sp³-hybridized carbons (Fsp3) is 0.538. The monoisotopic (exact) mass is 276 g/mol. The molecule has 98 valence electrons. The van der Waals surface area contributed by atoms with Crippen LogP contribution in [-0.2, 0) is 6.54 Å². The maximum atomic E-state index is 6.10. The highest BCUT2D eigenvalue weighted by Crippen LogP contribution is 2.19. The Bertz CT molecular complexity index is 342. The van der Waals surface area contributed by atoms with Crippen LogP contribution in [0.5, 0.6) is 0 Å². The molecule has 0 aromatic heterocycles. The predicted molar refractivity (Wildman–Crippen MR) is 77.8 cm³/mol. The molecule has 0 heterocycles. The largest absolute Gasteiger partial charge is 0.329 e. The first-order valence-electron chi connectivity index (χ1n) is 5.68. The summed E-state index contributed by atoms with van der Waals surface area (Å²) in [5, 5.41) is 4.30. The van der Waals surface area contributed by atoms with Crippen LogP contribution in [0.4, 0.5) is 0 Å². The molecule has 0 saturated carbocycles. The van der Waals surface area contributed by atoms with Crippen molar-refractivity contribution in [2.75, 3.05) is 6.54 Å². The van der Waals surface area contributed by atoms with Gasteiger partial charge in [0, 0.05) is 23.7 Å². The summed E-state index contributed by atoms with van der Waals surface area (Å²) >= 11 is 6.10. The molecular weight excluding hydrogens is 255 g/mol.